The number of halogens is 5. The maximum Gasteiger partial charge on any atom is 0.401 e. The summed E-state index contributed by atoms with van der Waals surface area (Å²) in [5, 5.41) is 5.91. The Morgan fingerprint density at radius 3 is 2.51 bits per heavy atom. The normalized spacial score (nSPS) is 15.3. The average molecular weight is 513 g/mol. The highest BCUT2D eigenvalue weighted by molar-refractivity contribution is 7.10. The number of hydrogen-bond acceptors (Lipinski definition) is 7. The summed E-state index contributed by atoms with van der Waals surface area (Å²) >= 11 is 1.03. The number of nitrogens with zero attached hydrogens (tertiary/aromatic N) is 4. The molecule has 7 nitrogen and oxygen atoms in total. The number of benzene rings is 1. The van der Waals surface area contributed by atoms with Crippen molar-refractivity contribution in [1.82, 2.24) is 19.2 Å². The molecule has 4 rings (SSSR count). The first-order valence-electron chi connectivity index (χ1n) is 10.7. The fourth-order valence-electron chi connectivity index (χ4n) is 3.86. The van der Waals surface area contributed by atoms with Gasteiger partial charge in [-0.2, -0.15) is 17.5 Å². The molecule has 0 atom stereocenters. The third-order valence-electron chi connectivity index (χ3n) is 5.59. The average Bonchev–Trinajstić information content (AvgIpc) is 3.16. The molecule has 0 unspecified atom stereocenters. The van der Waals surface area contributed by atoms with Crippen LogP contribution < -0.4 is 10.6 Å². The molecule has 0 bridgehead atoms. The molecular weight excluding hydrogens is 491 g/mol. The topological polar surface area (TPSA) is 83.0 Å². The Morgan fingerprint density at radius 1 is 1.14 bits per heavy atom. The molecular formula is C22H21F5N6OS. The van der Waals surface area contributed by atoms with Gasteiger partial charge in [-0.3, -0.25) is 14.7 Å². The zero-order valence-electron chi connectivity index (χ0n) is 18.5. The van der Waals surface area contributed by atoms with Crippen molar-refractivity contribution in [2.75, 3.05) is 30.3 Å². The van der Waals surface area contributed by atoms with E-state index in [0.717, 1.165) is 23.7 Å². The molecule has 0 radical (unpaired) electrons. The third kappa shape index (κ3) is 6.28. The van der Waals surface area contributed by atoms with E-state index in [9.17, 15) is 26.7 Å². The van der Waals surface area contributed by atoms with E-state index in [1.807, 2.05) is 0 Å². The lowest BCUT2D eigenvalue weighted by molar-refractivity contribution is -0.147. The fourth-order valence-corrected chi connectivity index (χ4v) is 4.66. The molecule has 1 fully saturated rings. The summed E-state index contributed by atoms with van der Waals surface area (Å²) in [5.41, 5.74) is 1.45. The van der Waals surface area contributed by atoms with Gasteiger partial charge in [0.2, 0.25) is 0 Å². The SMILES string of the molecule is Cc1nsc(Nc2cnc(C3CCN(CC(F)(F)F)CC3)cn2)c1C(=O)Nc1ccc(F)c(F)c1. The van der Waals surface area contributed by atoms with E-state index in [4.69, 9.17) is 0 Å². The molecule has 13 heteroatoms. The van der Waals surface area contributed by atoms with Gasteiger partial charge in [0.25, 0.3) is 5.91 Å². The highest BCUT2D eigenvalue weighted by Crippen LogP contribution is 2.31. The molecule has 1 aliphatic rings. The van der Waals surface area contributed by atoms with Gasteiger partial charge in [0.15, 0.2) is 11.6 Å². The number of rotatable bonds is 6. The van der Waals surface area contributed by atoms with Gasteiger partial charge in [-0.05, 0) is 56.5 Å². The second-order valence-electron chi connectivity index (χ2n) is 8.17. The van der Waals surface area contributed by atoms with Crippen molar-refractivity contribution in [1.29, 1.82) is 0 Å². The molecule has 3 heterocycles. The highest BCUT2D eigenvalue weighted by Gasteiger charge is 2.33. The summed E-state index contributed by atoms with van der Waals surface area (Å²) < 4.78 is 68.5. The Hall–Kier alpha value is -3.19. The van der Waals surface area contributed by atoms with Gasteiger partial charge in [-0.15, -0.1) is 0 Å². The molecule has 3 aromatic rings. The standard InChI is InChI=1S/C22H21F5N6OS/c1-12-19(20(34)30-14-2-3-15(23)16(24)8-14)21(35-32-12)31-18-10-28-17(9-29-18)13-4-6-33(7-5-13)11-22(25,26)27/h2-3,8-10,13H,4-7,11H2,1H3,(H,29,31)(H,30,34). The Morgan fingerprint density at radius 2 is 1.89 bits per heavy atom. The quantitative estimate of drug-likeness (QED) is 0.439. The molecule has 1 amide bonds. The molecule has 0 aliphatic carbocycles. The second-order valence-corrected chi connectivity index (χ2v) is 8.95. The molecule has 35 heavy (non-hydrogen) atoms. The summed E-state index contributed by atoms with van der Waals surface area (Å²) in [4.78, 5) is 22.9. The minimum absolute atomic E-state index is 0.0177. The number of aryl methyl sites for hydroxylation is 1. The molecule has 1 aromatic carbocycles. The van der Waals surface area contributed by atoms with Crippen LogP contribution in [0, 0.1) is 18.6 Å². The van der Waals surface area contributed by atoms with Gasteiger partial charge in [0, 0.05) is 17.7 Å². The van der Waals surface area contributed by atoms with Gasteiger partial charge in [0.1, 0.15) is 10.8 Å². The van der Waals surface area contributed by atoms with E-state index in [1.165, 1.54) is 17.2 Å². The zero-order valence-corrected chi connectivity index (χ0v) is 19.3. The van der Waals surface area contributed by atoms with Gasteiger partial charge >= 0.3 is 6.18 Å². The van der Waals surface area contributed by atoms with Gasteiger partial charge in [0.05, 0.1) is 35.9 Å². The Kier molecular flexibility index (Phi) is 7.26. The van der Waals surface area contributed by atoms with Crippen LogP contribution in [0.1, 0.15) is 40.5 Å². The van der Waals surface area contributed by atoms with Gasteiger partial charge in [-0.1, -0.05) is 0 Å². The minimum Gasteiger partial charge on any atom is -0.329 e. The monoisotopic (exact) mass is 512 g/mol. The number of alkyl halides is 3. The molecule has 1 saturated heterocycles. The third-order valence-corrected chi connectivity index (χ3v) is 6.44. The lowest BCUT2D eigenvalue weighted by Crippen LogP contribution is -2.39. The van der Waals surface area contributed by atoms with Gasteiger partial charge in [-0.25, -0.2) is 13.8 Å². The van der Waals surface area contributed by atoms with Gasteiger partial charge < -0.3 is 10.6 Å². The van der Waals surface area contributed by atoms with Crippen LogP contribution in [0.4, 0.5) is 38.5 Å². The van der Waals surface area contributed by atoms with Crippen molar-refractivity contribution in [3.8, 4) is 0 Å². The second kappa shape index (κ2) is 10.2. The summed E-state index contributed by atoms with van der Waals surface area (Å²) in [6.45, 7) is 1.40. The zero-order chi connectivity index (χ0) is 25.2. The van der Waals surface area contributed by atoms with Crippen molar-refractivity contribution in [2.45, 2.75) is 31.9 Å². The summed E-state index contributed by atoms with van der Waals surface area (Å²) in [6, 6.07) is 3.05. The number of carbonyl (C=O) groups excluding carboxylic acids is 1. The van der Waals surface area contributed by atoms with Crippen LogP contribution in [0.5, 0.6) is 0 Å². The van der Waals surface area contributed by atoms with Crippen molar-refractivity contribution in [3.63, 3.8) is 0 Å². The van der Waals surface area contributed by atoms with E-state index in [0.29, 0.717) is 48.1 Å². The number of hydrogen-bond donors (Lipinski definition) is 2. The molecule has 186 valence electrons. The van der Waals surface area contributed by atoms with Crippen LogP contribution >= 0.6 is 11.5 Å². The van der Waals surface area contributed by atoms with Crippen molar-refractivity contribution in [2.24, 2.45) is 0 Å². The predicted molar refractivity (Wildman–Crippen MR) is 121 cm³/mol. The molecule has 2 aromatic heterocycles. The Bertz CT molecular complexity index is 1190. The number of anilines is 3. The highest BCUT2D eigenvalue weighted by atomic mass is 32.1. The smallest absolute Gasteiger partial charge is 0.329 e. The molecule has 0 saturated carbocycles. The van der Waals surface area contributed by atoms with Crippen LogP contribution in [-0.2, 0) is 0 Å². The summed E-state index contributed by atoms with van der Waals surface area (Å²) in [6.07, 6.45) is -0.0372. The fraction of sp³-hybridized carbons (Fsp3) is 0.364. The first-order valence-corrected chi connectivity index (χ1v) is 11.5. The van der Waals surface area contributed by atoms with E-state index in [1.54, 1.807) is 13.1 Å². The van der Waals surface area contributed by atoms with Crippen LogP contribution in [0.15, 0.2) is 30.6 Å². The maximum absolute atomic E-state index is 13.5. The summed E-state index contributed by atoms with van der Waals surface area (Å²) in [5.74, 6) is -2.28. The first kappa shape index (κ1) is 24.9. The number of piperidine rings is 1. The molecule has 1 aliphatic heterocycles. The Labute approximate surface area is 201 Å². The number of amides is 1. The summed E-state index contributed by atoms with van der Waals surface area (Å²) in [7, 11) is 0. The van der Waals surface area contributed by atoms with E-state index in [2.05, 4.69) is 25.0 Å². The number of likely N-dealkylation sites (tertiary alicyclic amines) is 1. The lowest BCUT2D eigenvalue weighted by Gasteiger charge is -2.31. The number of aromatic nitrogens is 3. The largest absolute Gasteiger partial charge is 0.401 e. The number of carbonyl (C=O) groups is 1. The van der Waals surface area contributed by atoms with Crippen LogP contribution in [0.3, 0.4) is 0 Å². The van der Waals surface area contributed by atoms with E-state index < -0.39 is 30.3 Å². The molecule has 0 spiro atoms. The van der Waals surface area contributed by atoms with E-state index in [-0.39, 0.29) is 17.2 Å². The minimum atomic E-state index is -4.21. The maximum atomic E-state index is 13.5. The van der Waals surface area contributed by atoms with Crippen LogP contribution in [0.2, 0.25) is 0 Å². The number of nitrogens with one attached hydrogen (secondary N) is 2. The van der Waals surface area contributed by atoms with Crippen molar-refractivity contribution in [3.05, 3.63) is 59.2 Å². The predicted octanol–water partition coefficient (Wildman–Crippen LogP) is 5.26. The van der Waals surface area contributed by atoms with Crippen molar-refractivity contribution >= 4 is 33.9 Å². The lowest BCUT2D eigenvalue weighted by atomic mass is 9.94. The van der Waals surface area contributed by atoms with Crippen LogP contribution in [-0.4, -0.2) is 51.0 Å². The first-order chi connectivity index (χ1) is 16.6. The Balaban J connectivity index is 1.40. The van der Waals surface area contributed by atoms with E-state index >= 15 is 0 Å². The molecule has 2 N–H and O–H groups in total. The van der Waals surface area contributed by atoms with Crippen LogP contribution in [0.25, 0.3) is 0 Å². The van der Waals surface area contributed by atoms with Crippen molar-refractivity contribution < 1.29 is 26.7 Å².